The number of alkyl carbamates (subject to hydrolysis) is 2. The molecular weight excluding hydrogens is 484 g/mol. The lowest BCUT2D eigenvalue weighted by Crippen LogP contribution is -2.28. The normalized spacial score (nSPS) is 10.6. The fraction of sp³-hybridized carbons (Fsp3) is 0.846. The fourth-order valence-electron chi connectivity index (χ4n) is 3.49. The highest BCUT2D eigenvalue weighted by Crippen LogP contribution is 2.13. The summed E-state index contributed by atoms with van der Waals surface area (Å²) in [7, 11) is 0. The smallest absolute Gasteiger partial charge is 0.407 e. The zero-order valence-corrected chi connectivity index (χ0v) is 22.7. The van der Waals surface area contributed by atoms with Gasteiger partial charge in [-0.1, -0.05) is 126 Å². The Morgan fingerprint density at radius 2 is 1.00 bits per heavy atom. The zero-order valence-electron chi connectivity index (χ0n) is 21.1. The third-order valence-electron chi connectivity index (χ3n) is 5.48. The van der Waals surface area contributed by atoms with E-state index in [1.807, 2.05) is 0 Å². The number of carbonyl (C=O) groups is 2. The van der Waals surface area contributed by atoms with Crippen LogP contribution in [0.25, 0.3) is 0 Å². The summed E-state index contributed by atoms with van der Waals surface area (Å²) in [6.45, 7) is 7.19. The molecule has 7 heteroatoms. The number of hydrogen-bond donors (Lipinski definition) is 2. The lowest BCUT2D eigenvalue weighted by atomic mass is 10.0. The molecule has 2 amide bonds. The van der Waals surface area contributed by atoms with Crippen LogP contribution in [0.4, 0.5) is 9.59 Å². The molecule has 0 heterocycles. The highest BCUT2D eigenvalue weighted by molar-refractivity contribution is 9.09. The van der Waals surface area contributed by atoms with Gasteiger partial charge in [0.1, 0.15) is 13.2 Å². The first-order chi connectivity index (χ1) is 16.1. The van der Waals surface area contributed by atoms with Crippen molar-refractivity contribution >= 4 is 28.1 Å². The number of rotatable bonds is 23. The highest BCUT2D eigenvalue weighted by atomic mass is 79.9. The average molecular weight is 534 g/mol. The van der Waals surface area contributed by atoms with Crippen LogP contribution >= 0.6 is 15.9 Å². The third-order valence-corrected chi connectivity index (χ3v) is 5.87. The molecule has 0 aliphatic rings. The van der Waals surface area contributed by atoms with Gasteiger partial charge in [0.25, 0.3) is 0 Å². The molecule has 33 heavy (non-hydrogen) atoms. The summed E-state index contributed by atoms with van der Waals surface area (Å²) in [5.41, 5.74) is 0.529. The second kappa shape index (κ2) is 25.4. The minimum absolute atomic E-state index is 0.0283. The van der Waals surface area contributed by atoms with Crippen molar-refractivity contribution in [3.8, 4) is 0 Å². The van der Waals surface area contributed by atoms with Crippen molar-refractivity contribution in [1.82, 2.24) is 10.6 Å². The van der Waals surface area contributed by atoms with Crippen LogP contribution in [0, 0.1) is 0 Å². The van der Waals surface area contributed by atoms with Gasteiger partial charge in [-0.3, -0.25) is 0 Å². The zero-order chi connectivity index (χ0) is 24.4. The number of hydrogen-bond acceptors (Lipinski definition) is 4. The first kappa shape index (κ1) is 31.8. The molecule has 0 rings (SSSR count). The first-order valence-electron chi connectivity index (χ1n) is 13.1. The average Bonchev–Trinajstić information content (AvgIpc) is 2.81. The number of amides is 2. The molecule has 0 aromatic rings. The van der Waals surface area contributed by atoms with E-state index in [0.29, 0.717) is 24.0 Å². The largest absolute Gasteiger partial charge is 0.445 e. The van der Waals surface area contributed by atoms with E-state index >= 15 is 0 Å². The van der Waals surface area contributed by atoms with E-state index in [9.17, 15) is 9.59 Å². The standard InChI is InChI=1S/C26H49BrN2O4/c1-3-4-5-6-7-8-9-10-11-12-13-14-15-16-17-18-20-28-25(30)32-22-24(2)23-33-26(31)29-21-19-27/h2-23H2,1H3,(H,28,30)(H,29,31). The van der Waals surface area contributed by atoms with E-state index in [0.717, 1.165) is 12.8 Å². The number of unbranched alkanes of at least 4 members (excludes halogenated alkanes) is 15. The van der Waals surface area contributed by atoms with E-state index in [2.05, 4.69) is 40.1 Å². The Labute approximate surface area is 211 Å². The Morgan fingerprint density at radius 1 is 0.636 bits per heavy atom. The Morgan fingerprint density at radius 3 is 1.39 bits per heavy atom. The summed E-state index contributed by atoms with van der Waals surface area (Å²) in [6, 6.07) is 0. The maximum Gasteiger partial charge on any atom is 0.407 e. The van der Waals surface area contributed by atoms with Crippen LogP contribution in [-0.2, 0) is 9.47 Å². The molecule has 0 unspecified atom stereocenters. The van der Waals surface area contributed by atoms with Gasteiger partial charge in [-0.05, 0) is 12.0 Å². The Hall–Kier alpha value is -1.24. The second-order valence-corrected chi connectivity index (χ2v) is 9.54. The van der Waals surface area contributed by atoms with Crippen LogP contribution in [0.3, 0.4) is 0 Å². The molecule has 0 aromatic heterocycles. The van der Waals surface area contributed by atoms with Gasteiger partial charge in [0.05, 0.1) is 0 Å². The molecule has 0 bridgehead atoms. The maximum absolute atomic E-state index is 11.7. The first-order valence-corrected chi connectivity index (χ1v) is 14.3. The van der Waals surface area contributed by atoms with Gasteiger partial charge in [-0.25, -0.2) is 9.59 Å². The summed E-state index contributed by atoms with van der Waals surface area (Å²) < 4.78 is 10.0. The molecule has 0 aliphatic carbocycles. The molecular formula is C26H49BrN2O4. The molecule has 0 spiro atoms. The van der Waals surface area contributed by atoms with Crippen LogP contribution in [0.15, 0.2) is 12.2 Å². The molecule has 0 fully saturated rings. The molecule has 0 atom stereocenters. The van der Waals surface area contributed by atoms with E-state index in [4.69, 9.17) is 9.47 Å². The predicted octanol–water partition coefficient (Wildman–Crippen LogP) is 7.65. The van der Waals surface area contributed by atoms with Crippen molar-refractivity contribution < 1.29 is 19.1 Å². The summed E-state index contributed by atoms with van der Waals surface area (Å²) in [6.07, 6.45) is 20.3. The van der Waals surface area contributed by atoms with Crippen LogP contribution in [0.1, 0.15) is 110 Å². The number of carbonyl (C=O) groups excluding carboxylic acids is 2. The SMILES string of the molecule is C=C(COC(=O)NCCBr)COC(=O)NCCCCCCCCCCCCCCCCCC. The Bertz CT molecular complexity index is 489. The molecule has 0 radical (unpaired) electrons. The molecule has 0 saturated heterocycles. The lowest BCUT2D eigenvalue weighted by molar-refractivity contribution is 0.140. The van der Waals surface area contributed by atoms with Crippen molar-refractivity contribution in [2.75, 3.05) is 31.6 Å². The van der Waals surface area contributed by atoms with E-state index in [1.165, 1.54) is 89.9 Å². The summed E-state index contributed by atoms with van der Waals surface area (Å²) in [4.78, 5) is 23.0. The quantitative estimate of drug-likeness (QED) is 0.0803. The van der Waals surface area contributed by atoms with Gasteiger partial charge < -0.3 is 20.1 Å². The van der Waals surface area contributed by atoms with Crippen molar-refractivity contribution in [3.63, 3.8) is 0 Å². The highest BCUT2D eigenvalue weighted by Gasteiger charge is 2.06. The number of alkyl halides is 1. The van der Waals surface area contributed by atoms with Gasteiger partial charge >= 0.3 is 12.2 Å². The minimum atomic E-state index is -0.511. The fourth-order valence-corrected chi connectivity index (χ4v) is 3.69. The van der Waals surface area contributed by atoms with Gasteiger partial charge in [0.15, 0.2) is 0 Å². The summed E-state index contributed by atoms with van der Waals surface area (Å²) >= 11 is 3.21. The number of ether oxygens (including phenoxy) is 2. The van der Waals surface area contributed by atoms with Gasteiger partial charge in [0.2, 0.25) is 0 Å². The summed E-state index contributed by atoms with van der Waals surface area (Å²) in [5.74, 6) is 0. The van der Waals surface area contributed by atoms with Crippen molar-refractivity contribution in [3.05, 3.63) is 12.2 Å². The van der Waals surface area contributed by atoms with Gasteiger partial charge in [-0.2, -0.15) is 0 Å². The molecule has 6 nitrogen and oxygen atoms in total. The summed E-state index contributed by atoms with van der Waals surface area (Å²) in [5, 5.41) is 5.97. The van der Waals surface area contributed by atoms with Crippen LogP contribution in [-0.4, -0.2) is 43.8 Å². The molecule has 0 aliphatic heterocycles. The van der Waals surface area contributed by atoms with Crippen LogP contribution < -0.4 is 10.6 Å². The minimum Gasteiger partial charge on any atom is -0.445 e. The van der Waals surface area contributed by atoms with Gasteiger partial charge in [0, 0.05) is 18.4 Å². The van der Waals surface area contributed by atoms with E-state index < -0.39 is 12.2 Å². The monoisotopic (exact) mass is 532 g/mol. The Kier molecular flexibility index (Phi) is 24.4. The number of halogens is 1. The molecule has 0 aromatic carbocycles. The Balaban J connectivity index is 3.31. The maximum atomic E-state index is 11.7. The molecule has 2 N–H and O–H groups in total. The van der Waals surface area contributed by atoms with E-state index in [1.54, 1.807) is 0 Å². The van der Waals surface area contributed by atoms with Gasteiger partial charge in [-0.15, -0.1) is 0 Å². The molecule has 0 saturated carbocycles. The van der Waals surface area contributed by atoms with Crippen molar-refractivity contribution in [2.24, 2.45) is 0 Å². The second-order valence-electron chi connectivity index (χ2n) is 8.75. The predicted molar refractivity (Wildman–Crippen MR) is 141 cm³/mol. The lowest BCUT2D eigenvalue weighted by Gasteiger charge is -2.10. The third kappa shape index (κ3) is 25.2. The van der Waals surface area contributed by atoms with Crippen LogP contribution in [0.2, 0.25) is 0 Å². The topological polar surface area (TPSA) is 76.7 Å². The van der Waals surface area contributed by atoms with Crippen molar-refractivity contribution in [1.29, 1.82) is 0 Å². The van der Waals surface area contributed by atoms with Crippen LogP contribution in [0.5, 0.6) is 0 Å². The molecule has 194 valence electrons. The van der Waals surface area contributed by atoms with Crippen molar-refractivity contribution in [2.45, 2.75) is 110 Å². The number of nitrogens with one attached hydrogen (secondary N) is 2. The van der Waals surface area contributed by atoms with E-state index in [-0.39, 0.29) is 13.2 Å².